The molecular formula is C25H32N2O4. The minimum atomic E-state index is -0.530. The van der Waals surface area contributed by atoms with Crippen LogP contribution in [0.5, 0.6) is 11.5 Å². The lowest BCUT2D eigenvalue weighted by atomic mass is 9.77. The Kier molecular flexibility index (Phi) is 7.55. The Balaban J connectivity index is 1.69. The molecule has 1 aliphatic carbocycles. The molecule has 166 valence electrons. The summed E-state index contributed by atoms with van der Waals surface area (Å²) in [7, 11) is 1.70. The predicted octanol–water partition coefficient (Wildman–Crippen LogP) is 4.39. The standard InChI is InChI=1S/C25H32N2O4/c1-4-30-21-14-13-20(17-22(21)31-5-2)26-23(28)18-27(3)24(29)25(15-9-10-16-25)19-11-7-6-8-12-19/h6-8,11-14,17H,4-5,9-10,15-16,18H2,1-3H3,(H,26,28). The Labute approximate surface area is 184 Å². The van der Waals surface area contributed by atoms with Gasteiger partial charge in [-0.2, -0.15) is 0 Å². The number of nitrogens with one attached hydrogen (secondary N) is 1. The highest BCUT2D eigenvalue weighted by Crippen LogP contribution is 2.42. The third-order valence-electron chi connectivity index (χ3n) is 5.75. The van der Waals surface area contributed by atoms with Crippen molar-refractivity contribution in [1.82, 2.24) is 4.90 Å². The summed E-state index contributed by atoms with van der Waals surface area (Å²) >= 11 is 0. The van der Waals surface area contributed by atoms with E-state index in [0.717, 1.165) is 31.2 Å². The molecule has 0 saturated heterocycles. The minimum absolute atomic E-state index is 0.00745. The Morgan fingerprint density at radius 2 is 1.61 bits per heavy atom. The number of anilines is 1. The first-order chi connectivity index (χ1) is 15.0. The quantitative estimate of drug-likeness (QED) is 0.648. The molecule has 1 fully saturated rings. The summed E-state index contributed by atoms with van der Waals surface area (Å²) in [6.07, 6.45) is 3.68. The molecule has 1 N–H and O–H groups in total. The van der Waals surface area contributed by atoms with Crippen LogP contribution >= 0.6 is 0 Å². The normalized spacial score (nSPS) is 14.7. The number of benzene rings is 2. The second kappa shape index (κ2) is 10.3. The molecule has 0 bridgehead atoms. The van der Waals surface area contributed by atoms with Crippen LogP contribution in [0.3, 0.4) is 0 Å². The van der Waals surface area contributed by atoms with Gasteiger partial charge in [-0.05, 0) is 44.4 Å². The fourth-order valence-electron chi connectivity index (χ4n) is 4.34. The molecule has 0 aromatic heterocycles. The van der Waals surface area contributed by atoms with Gasteiger partial charge in [0.05, 0.1) is 25.2 Å². The Morgan fingerprint density at radius 1 is 0.968 bits per heavy atom. The van der Waals surface area contributed by atoms with Crippen molar-refractivity contribution in [3.8, 4) is 11.5 Å². The molecule has 3 rings (SSSR count). The van der Waals surface area contributed by atoms with Gasteiger partial charge >= 0.3 is 0 Å². The molecule has 0 heterocycles. The van der Waals surface area contributed by atoms with Crippen LogP contribution in [0.1, 0.15) is 45.1 Å². The van der Waals surface area contributed by atoms with Gasteiger partial charge in [0, 0.05) is 18.8 Å². The molecule has 2 aromatic carbocycles. The summed E-state index contributed by atoms with van der Waals surface area (Å²) in [4.78, 5) is 27.7. The second-order valence-electron chi connectivity index (χ2n) is 7.89. The lowest BCUT2D eigenvalue weighted by molar-refractivity contribution is -0.138. The van der Waals surface area contributed by atoms with E-state index in [0.29, 0.717) is 30.4 Å². The van der Waals surface area contributed by atoms with E-state index in [1.54, 1.807) is 30.1 Å². The molecule has 31 heavy (non-hydrogen) atoms. The van der Waals surface area contributed by atoms with Gasteiger partial charge < -0.3 is 19.7 Å². The highest BCUT2D eigenvalue weighted by atomic mass is 16.5. The molecule has 0 unspecified atom stereocenters. The topological polar surface area (TPSA) is 67.9 Å². The van der Waals surface area contributed by atoms with Gasteiger partial charge in [0.15, 0.2) is 11.5 Å². The maximum absolute atomic E-state index is 13.4. The summed E-state index contributed by atoms with van der Waals surface area (Å²) in [5.41, 5.74) is 1.12. The average Bonchev–Trinajstić information content (AvgIpc) is 3.27. The second-order valence-corrected chi connectivity index (χ2v) is 7.89. The van der Waals surface area contributed by atoms with Gasteiger partial charge in [0.1, 0.15) is 0 Å². The van der Waals surface area contributed by atoms with Gasteiger partial charge in [0.2, 0.25) is 11.8 Å². The van der Waals surface area contributed by atoms with Crippen molar-refractivity contribution in [2.75, 3.05) is 32.1 Å². The molecule has 0 aliphatic heterocycles. The van der Waals surface area contributed by atoms with Crippen molar-refractivity contribution in [3.63, 3.8) is 0 Å². The van der Waals surface area contributed by atoms with E-state index >= 15 is 0 Å². The first kappa shape index (κ1) is 22.7. The fraction of sp³-hybridized carbons (Fsp3) is 0.440. The van der Waals surface area contributed by atoms with E-state index in [9.17, 15) is 9.59 Å². The van der Waals surface area contributed by atoms with Crippen LogP contribution in [-0.2, 0) is 15.0 Å². The molecule has 2 amide bonds. The first-order valence-corrected chi connectivity index (χ1v) is 11.0. The smallest absolute Gasteiger partial charge is 0.243 e. The molecule has 1 saturated carbocycles. The number of amides is 2. The van der Waals surface area contributed by atoms with E-state index in [4.69, 9.17) is 9.47 Å². The van der Waals surface area contributed by atoms with Crippen molar-refractivity contribution in [2.45, 2.75) is 44.9 Å². The van der Waals surface area contributed by atoms with Gasteiger partial charge in [-0.3, -0.25) is 9.59 Å². The summed E-state index contributed by atoms with van der Waals surface area (Å²) in [5.74, 6) is 0.984. The summed E-state index contributed by atoms with van der Waals surface area (Å²) in [5, 5.41) is 2.87. The molecule has 6 heteroatoms. The number of rotatable bonds is 9. The monoisotopic (exact) mass is 424 g/mol. The van der Waals surface area contributed by atoms with Crippen molar-refractivity contribution >= 4 is 17.5 Å². The van der Waals surface area contributed by atoms with Crippen LogP contribution in [0.25, 0.3) is 0 Å². The van der Waals surface area contributed by atoms with E-state index in [1.165, 1.54) is 0 Å². The third-order valence-corrected chi connectivity index (χ3v) is 5.75. The van der Waals surface area contributed by atoms with Crippen molar-refractivity contribution < 1.29 is 19.1 Å². The van der Waals surface area contributed by atoms with Gasteiger partial charge in [-0.15, -0.1) is 0 Å². The SMILES string of the molecule is CCOc1ccc(NC(=O)CN(C)C(=O)C2(c3ccccc3)CCCC2)cc1OCC. The Bertz CT molecular complexity index is 892. The van der Waals surface area contributed by atoms with Crippen LogP contribution < -0.4 is 14.8 Å². The zero-order chi connectivity index (χ0) is 22.3. The number of hydrogen-bond donors (Lipinski definition) is 1. The summed E-state index contributed by atoms with van der Waals surface area (Å²) < 4.78 is 11.2. The lowest BCUT2D eigenvalue weighted by Crippen LogP contribution is -2.46. The van der Waals surface area contributed by atoms with Crippen molar-refractivity contribution in [1.29, 1.82) is 0 Å². The van der Waals surface area contributed by atoms with E-state index < -0.39 is 5.41 Å². The largest absolute Gasteiger partial charge is 0.490 e. The Hall–Kier alpha value is -3.02. The maximum atomic E-state index is 13.4. The molecule has 0 spiro atoms. The highest BCUT2D eigenvalue weighted by Gasteiger charge is 2.44. The fourth-order valence-corrected chi connectivity index (χ4v) is 4.34. The van der Waals surface area contributed by atoms with E-state index in [-0.39, 0.29) is 18.4 Å². The highest BCUT2D eigenvalue weighted by molar-refractivity contribution is 5.97. The number of carbonyl (C=O) groups is 2. The number of ether oxygens (including phenoxy) is 2. The van der Waals surface area contributed by atoms with Crippen LogP contribution in [0, 0.1) is 0 Å². The first-order valence-electron chi connectivity index (χ1n) is 11.0. The van der Waals surface area contributed by atoms with Crippen LogP contribution in [0.4, 0.5) is 5.69 Å². The number of hydrogen-bond acceptors (Lipinski definition) is 4. The van der Waals surface area contributed by atoms with Crippen LogP contribution in [-0.4, -0.2) is 43.5 Å². The zero-order valence-electron chi connectivity index (χ0n) is 18.6. The van der Waals surface area contributed by atoms with Crippen molar-refractivity contribution in [2.24, 2.45) is 0 Å². The molecular weight excluding hydrogens is 392 g/mol. The zero-order valence-corrected chi connectivity index (χ0v) is 18.6. The minimum Gasteiger partial charge on any atom is -0.490 e. The summed E-state index contributed by atoms with van der Waals surface area (Å²) in [6, 6.07) is 15.2. The molecule has 1 aliphatic rings. The van der Waals surface area contributed by atoms with Crippen LogP contribution in [0.15, 0.2) is 48.5 Å². The van der Waals surface area contributed by atoms with E-state index in [1.807, 2.05) is 44.2 Å². The molecule has 0 atom stereocenters. The van der Waals surface area contributed by atoms with Gasteiger partial charge in [-0.1, -0.05) is 43.2 Å². The Morgan fingerprint density at radius 3 is 2.26 bits per heavy atom. The number of likely N-dealkylation sites (N-methyl/N-ethyl adjacent to an activating group) is 1. The van der Waals surface area contributed by atoms with Gasteiger partial charge in [0.25, 0.3) is 0 Å². The average molecular weight is 425 g/mol. The molecule has 0 radical (unpaired) electrons. The predicted molar refractivity (Wildman–Crippen MR) is 122 cm³/mol. The van der Waals surface area contributed by atoms with Crippen molar-refractivity contribution in [3.05, 3.63) is 54.1 Å². The van der Waals surface area contributed by atoms with Crippen LogP contribution in [0.2, 0.25) is 0 Å². The lowest BCUT2D eigenvalue weighted by Gasteiger charge is -2.32. The number of nitrogens with zero attached hydrogens (tertiary/aromatic N) is 1. The molecule has 2 aromatic rings. The summed E-state index contributed by atoms with van der Waals surface area (Å²) in [6.45, 7) is 4.82. The van der Waals surface area contributed by atoms with Gasteiger partial charge in [-0.25, -0.2) is 0 Å². The van der Waals surface area contributed by atoms with E-state index in [2.05, 4.69) is 5.32 Å². The third kappa shape index (κ3) is 5.19. The molecule has 6 nitrogen and oxygen atoms in total. The maximum Gasteiger partial charge on any atom is 0.243 e. The number of carbonyl (C=O) groups excluding carboxylic acids is 2.